The average molecular weight is 886 g/mol. The Labute approximate surface area is 392 Å². The number of ether oxygens (including phenoxy) is 1. The standard InChI is InChI=1S/C57H107NO5/c1-3-5-7-9-11-13-15-16-26-30-33-37-41-45-49-55(60)54(53-59)58-56(61)50-46-42-38-34-31-27-24-22-20-18-17-19-21-23-25-28-32-36-40-44-48-52-63-57(62)51-47-43-39-35-29-14-12-10-8-6-4-2/h10,12,28,32,40,44,54-55,59-60H,3-9,11,13-27,29-31,33-39,41-43,45-53H2,1-2H3,(H,58,61)/b12-10-,32-28-,44-40-. The van der Waals surface area contributed by atoms with Gasteiger partial charge in [-0.15, -0.1) is 0 Å². The van der Waals surface area contributed by atoms with Crippen molar-refractivity contribution in [3.63, 3.8) is 0 Å². The Morgan fingerprint density at radius 3 is 1.27 bits per heavy atom. The van der Waals surface area contributed by atoms with Gasteiger partial charge < -0.3 is 20.3 Å². The molecule has 0 fully saturated rings. The number of aliphatic hydroxyl groups is 2. The molecule has 0 aromatic rings. The summed E-state index contributed by atoms with van der Waals surface area (Å²) in [5.41, 5.74) is 0. The fraction of sp³-hybridized carbons (Fsp3) is 0.860. The van der Waals surface area contributed by atoms with Crippen LogP contribution in [0.5, 0.6) is 0 Å². The van der Waals surface area contributed by atoms with Gasteiger partial charge in [0.05, 0.1) is 25.4 Å². The topological polar surface area (TPSA) is 95.9 Å². The smallest absolute Gasteiger partial charge is 0.305 e. The summed E-state index contributed by atoms with van der Waals surface area (Å²) in [6, 6.07) is -0.545. The van der Waals surface area contributed by atoms with Gasteiger partial charge in [-0.2, -0.15) is 0 Å². The zero-order chi connectivity index (χ0) is 45.8. The Morgan fingerprint density at radius 1 is 0.444 bits per heavy atom. The third kappa shape index (κ3) is 49.4. The van der Waals surface area contributed by atoms with Crippen LogP contribution in [-0.4, -0.2) is 47.4 Å². The number of amides is 1. The highest BCUT2D eigenvalue weighted by molar-refractivity contribution is 5.76. The highest BCUT2D eigenvalue weighted by Gasteiger charge is 2.20. The van der Waals surface area contributed by atoms with E-state index in [9.17, 15) is 19.8 Å². The second-order valence-corrected chi connectivity index (χ2v) is 18.9. The first-order valence-corrected chi connectivity index (χ1v) is 27.7. The van der Waals surface area contributed by atoms with Gasteiger partial charge >= 0.3 is 5.97 Å². The number of aliphatic hydroxyl groups excluding tert-OH is 2. The van der Waals surface area contributed by atoms with E-state index < -0.39 is 12.1 Å². The van der Waals surface area contributed by atoms with E-state index in [0.29, 0.717) is 25.9 Å². The first kappa shape index (κ1) is 61.1. The van der Waals surface area contributed by atoms with Crippen LogP contribution in [0.15, 0.2) is 36.5 Å². The minimum atomic E-state index is -0.667. The maximum Gasteiger partial charge on any atom is 0.305 e. The fourth-order valence-electron chi connectivity index (χ4n) is 8.40. The number of esters is 1. The molecule has 0 aromatic heterocycles. The fourth-order valence-corrected chi connectivity index (χ4v) is 8.40. The second-order valence-electron chi connectivity index (χ2n) is 18.9. The van der Waals surface area contributed by atoms with Crippen LogP contribution in [0.4, 0.5) is 0 Å². The summed E-state index contributed by atoms with van der Waals surface area (Å²) in [6.45, 7) is 4.80. The molecule has 0 aliphatic carbocycles. The summed E-state index contributed by atoms with van der Waals surface area (Å²) in [7, 11) is 0. The van der Waals surface area contributed by atoms with Crippen molar-refractivity contribution in [1.29, 1.82) is 0 Å². The minimum Gasteiger partial charge on any atom is -0.465 e. The summed E-state index contributed by atoms with van der Waals surface area (Å²) < 4.78 is 5.38. The van der Waals surface area contributed by atoms with E-state index in [4.69, 9.17) is 4.74 Å². The van der Waals surface area contributed by atoms with Crippen LogP contribution in [0, 0.1) is 0 Å². The summed E-state index contributed by atoms with van der Waals surface area (Å²) in [4.78, 5) is 24.4. The number of rotatable bonds is 51. The first-order valence-electron chi connectivity index (χ1n) is 27.7. The minimum absolute atomic E-state index is 0.0396. The number of hydrogen-bond acceptors (Lipinski definition) is 5. The lowest BCUT2D eigenvalue weighted by Crippen LogP contribution is -2.45. The lowest BCUT2D eigenvalue weighted by atomic mass is 10.0. The van der Waals surface area contributed by atoms with Crippen molar-refractivity contribution in [1.82, 2.24) is 5.32 Å². The maximum atomic E-state index is 12.5. The molecule has 0 saturated carbocycles. The molecule has 0 aromatic carbocycles. The van der Waals surface area contributed by atoms with E-state index in [-0.39, 0.29) is 18.5 Å². The van der Waals surface area contributed by atoms with Crippen LogP contribution in [0.1, 0.15) is 290 Å². The lowest BCUT2D eigenvalue weighted by molar-refractivity contribution is -0.143. The van der Waals surface area contributed by atoms with Crippen LogP contribution in [0.2, 0.25) is 0 Å². The lowest BCUT2D eigenvalue weighted by Gasteiger charge is -2.22. The van der Waals surface area contributed by atoms with Gasteiger partial charge in [0.2, 0.25) is 5.91 Å². The SMILES string of the molecule is CCCC/C=C\CCCCCCCC(=O)OCC/C=C\C/C=C\CCCCCCCCCCCCCCCCC(=O)NC(CO)C(O)CCCCCCCCCCCCCCCC. The van der Waals surface area contributed by atoms with Crippen LogP contribution in [0.25, 0.3) is 0 Å². The van der Waals surface area contributed by atoms with Crippen molar-refractivity contribution >= 4 is 11.9 Å². The van der Waals surface area contributed by atoms with Crippen molar-refractivity contribution in [3.8, 4) is 0 Å². The van der Waals surface area contributed by atoms with Crippen LogP contribution < -0.4 is 5.32 Å². The van der Waals surface area contributed by atoms with Crippen molar-refractivity contribution in [2.24, 2.45) is 0 Å². The molecule has 0 rings (SSSR count). The van der Waals surface area contributed by atoms with Gasteiger partial charge in [-0.05, 0) is 64.2 Å². The third-order valence-corrected chi connectivity index (χ3v) is 12.7. The maximum absolute atomic E-state index is 12.5. The van der Waals surface area contributed by atoms with Crippen LogP contribution in [-0.2, 0) is 14.3 Å². The third-order valence-electron chi connectivity index (χ3n) is 12.7. The summed E-state index contributed by atoms with van der Waals surface area (Å²) in [5, 5.41) is 23.2. The largest absolute Gasteiger partial charge is 0.465 e. The Bertz CT molecular complexity index is 1020. The zero-order valence-electron chi connectivity index (χ0n) is 42.1. The quantitative estimate of drug-likeness (QED) is 0.0321. The van der Waals surface area contributed by atoms with Gasteiger partial charge in [0.15, 0.2) is 0 Å². The molecule has 370 valence electrons. The number of allylic oxidation sites excluding steroid dienone is 5. The molecule has 63 heavy (non-hydrogen) atoms. The Balaban J connectivity index is 3.46. The van der Waals surface area contributed by atoms with Crippen molar-refractivity contribution in [2.75, 3.05) is 13.2 Å². The first-order chi connectivity index (χ1) is 31.0. The molecule has 0 aliphatic heterocycles. The van der Waals surface area contributed by atoms with E-state index in [1.54, 1.807) is 0 Å². The number of hydrogen-bond donors (Lipinski definition) is 3. The Hall–Kier alpha value is -1.92. The Morgan fingerprint density at radius 2 is 0.810 bits per heavy atom. The van der Waals surface area contributed by atoms with Gasteiger partial charge in [0.25, 0.3) is 0 Å². The molecule has 0 spiro atoms. The van der Waals surface area contributed by atoms with E-state index in [2.05, 4.69) is 55.6 Å². The van der Waals surface area contributed by atoms with E-state index in [1.165, 1.54) is 205 Å². The van der Waals surface area contributed by atoms with Crippen molar-refractivity contribution in [3.05, 3.63) is 36.5 Å². The van der Waals surface area contributed by atoms with Gasteiger partial charge in [0, 0.05) is 12.8 Å². The molecule has 2 unspecified atom stereocenters. The molecule has 6 nitrogen and oxygen atoms in total. The number of carbonyl (C=O) groups excluding carboxylic acids is 2. The van der Waals surface area contributed by atoms with E-state index >= 15 is 0 Å². The van der Waals surface area contributed by atoms with Crippen molar-refractivity contribution in [2.45, 2.75) is 302 Å². The molecule has 1 amide bonds. The summed E-state index contributed by atoms with van der Waals surface area (Å²) in [5.74, 6) is -0.0863. The molecule has 0 bridgehead atoms. The van der Waals surface area contributed by atoms with E-state index in [0.717, 1.165) is 51.4 Å². The molecule has 6 heteroatoms. The van der Waals surface area contributed by atoms with Gasteiger partial charge in [0.1, 0.15) is 0 Å². The monoisotopic (exact) mass is 886 g/mol. The highest BCUT2D eigenvalue weighted by atomic mass is 16.5. The Kier molecular flexibility index (Phi) is 51.1. The molecule has 0 heterocycles. The molecule has 0 aliphatic rings. The predicted molar refractivity (Wildman–Crippen MR) is 273 cm³/mol. The molecule has 0 saturated heterocycles. The van der Waals surface area contributed by atoms with Crippen LogP contribution >= 0.6 is 0 Å². The van der Waals surface area contributed by atoms with Gasteiger partial charge in [-0.3, -0.25) is 9.59 Å². The molecule has 0 radical (unpaired) electrons. The number of nitrogens with one attached hydrogen (secondary N) is 1. The zero-order valence-corrected chi connectivity index (χ0v) is 42.1. The number of carbonyl (C=O) groups is 2. The molecule has 3 N–H and O–H groups in total. The molecular weight excluding hydrogens is 779 g/mol. The van der Waals surface area contributed by atoms with Crippen LogP contribution in [0.3, 0.4) is 0 Å². The van der Waals surface area contributed by atoms with Gasteiger partial charge in [-0.25, -0.2) is 0 Å². The van der Waals surface area contributed by atoms with Crippen molar-refractivity contribution < 1.29 is 24.5 Å². The normalized spacial score (nSPS) is 12.9. The second kappa shape index (κ2) is 52.7. The molecule has 2 atom stereocenters. The molecular formula is C57H107NO5. The summed E-state index contributed by atoms with van der Waals surface area (Å²) >= 11 is 0. The predicted octanol–water partition coefficient (Wildman–Crippen LogP) is 16.9. The number of unbranched alkanes of at least 4 members (excludes halogenated alkanes) is 34. The highest BCUT2D eigenvalue weighted by Crippen LogP contribution is 2.17. The summed E-state index contributed by atoms with van der Waals surface area (Å²) in [6.07, 6.45) is 64.3. The average Bonchev–Trinajstić information content (AvgIpc) is 3.28. The van der Waals surface area contributed by atoms with E-state index in [1.807, 2.05) is 0 Å². The van der Waals surface area contributed by atoms with Gasteiger partial charge in [-0.1, -0.05) is 249 Å².